The fourth-order valence-corrected chi connectivity index (χ4v) is 1.44. The Morgan fingerprint density at radius 2 is 1.88 bits per heavy atom. The van der Waals surface area contributed by atoms with Gasteiger partial charge in [0.15, 0.2) is 17.9 Å². The van der Waals surface area contributed by atoms with Crippen LogP contribution in [-0.4, -0.2) is 20.5 Å². The van der Waals surface area contributed by atoms with E-state index in [0.29, 0.717) is 0 Å². The van der Waals surface area contributed by atoms with Crippen LogP contribution in [0.3, 0.4) is 0 Å². The number of hydrogen-bond acceptors (Lipinski definition) is 4. The van der Waals surface area contributed by atoms with Crippen molar-refractivity contribution in [1.29, 1.82) is 0 Å². The van der Waals surface area contributed by atoms with E-state index in [2.05, 4.69) is 5.43 Å². The van der Waals surface area contributed by atoms with Crippen molar-refractivity contribution in [3.05, 3.63) is 35.4 Å². The summed E-state index contributed by atoms with van der Waals surface area (Å²) >= 11 is 0. The van der Waals surface area contributed by atoms with Gasteiger partial charge in [-0.3, -0.25) is 5.84 Å². The molecule has 0 aliphatic rings. The summed E-state index contributed by atoms with van der Waals surface area (Å²) in [4.78, 5) is 0. The third kappa shape index (κ3) is 2.53. The van der Waals surface area contributed by atoms with E-state index in [0.717, 1.165) is 6.07 Å². The predicted octanol–water partition coefficient (Wildman–Crippen LogP) is 1.09. The van der Waals surface area contributed by atoms with Crippen molar-refractivity contribution in [3.63, 3.8) is 0 Å². The van der Waals surface area contributed by atoms with E-state index in [4.69, 9.17) is 15.3 Å². The summed E-state index contributed by atoms with van der Waals surface area (Å²) < 4.78 is 36.4. The maximum absolute atomic E-state index is 13.5. The molecule has 0 saturated heterocycles. The molecule has 1 aromatic rings. The van der Waals surface area contributed by atoms with Crippen LogP contribution in [0.15, 0.2) is 18.2 Å². The molecule has 0 amide bonds. The molecule has 0 aliphatic carbocycles. The Labute approximate surface area is 92.3 Å². The summed E-state index contributed by atoms with van der Waals surface area (Å²) in [5.41, 5.74) is 2.38. The second kappa shape index (κ2) is 5.86. The zero-order chi connectivity index (χ0) is 12.1. The van der Waals surface area contributed by atoms with Gasteiger partial charge in [0.1, 0.15) is 0 Å². The predicted molar refractivity (Wildman–Crippen MR) is 54.2 cm³/mol. The molecule has 1 aromatic carbocycles. The molecule has 0 bridgehead atoms. The average molecular weight is 232 g/mol. The number of hydrazine groups is 1. The first-order chi connectivity index (χ1) is 7.65. The molecule has 16 heavy (non-hydrogen) atoms. The van der Waals surface area contributed by atoms with Crippen LogP contribution in [0.25, 0.3) is 0 Å². The van der Waals surface area contributed by atoms with Crippen LogP contribution in [0.2, 0.25) is 0 Å². The van der Waals surface area contributed by atoms with Gasteiger partial charge in [-0.1, -0.05) is 12.1 Å². The van der Waals surface area contributed by atoms with Crippen LogP contribution >= 0.6 is 0 Å². The zero-order valence-corrected chi connectivity index (χ0v) is 9.04. The molecule has 0 aromatic heterocycles. The highest BCUT2D eigenvalue weighted by Crippen LogP contribution is 2.23. The SMILES string of the molecule is COC(OC)C(NN)c1cccc(F)c1F. The van der Waals surface area contributed by atoms with E-state index in [1.54, 1.807) is 0 Å². The van der Waals surface area contributed by atoms with Gasteiger partial charge in [0, 0.05) is 19.8 Å². The maximum Gasteiger partial charge on any atom is 0.177 e. The summed E-state index contributed by atoms with van der Waals surface area (Å²) in [6.07, 6.45) is -0.804. The molecule has 0 radical (unpaired) electrons. The highest BCUT2D eigenvalue weighted by molar-refractivity contribution is 5.23. The average Bonchev–Trinajstić information content (AvgIpc) is 2.30. The molecule has 0 heterocycles. The van der Waals surface area contributed by atoms with Crippen molar-refractivity contribution in [3.8, 4) is 0 Å². The fraction of sp³-hybridized carbons (Fsp3) is 0.400. The van der Waals surface area contributed by atoms with Crippen LogP contribution < -0.4 is 11.3 Å². The molecule has 1 unspecified atom stereocenters. The Bertz CT molecular complexity index is 346. The first-order valence-corrected chi connectivity index (χ1v) is 4.61. The summed E-state index contributed by atoms with van der Waals surface area (Å²) in [6.45, 7) is 0. The van der Waals surface area contributed by atoms with Gasteiger partial charge in [-0.05, 0) is 6.07 Å². The van der Waals surface area contributed by atoms with E-state index < -0.39 is 24.0 Å². The quantitative estimate of drug-likeness (QED) is 0.453. The summed E-state index contributed by atoms with van der Waals surface area (Å²) in [5.74, 6) is 3.37. The molecule has 0 spiro atoms. The lowest BCUT2D eigenvalue weighted by Gasteiger charge is -2.24. The molecule has 0 aliphatic heterocycles. The lowest BCUT2D eigenvalue weighted by Crippen LogP contribution is -2.39. The molecule has 1 rings (SSSR count). The highest BCUT2D eigenvalue weighted by Gasteiger charge is 2.25. The molecule has 90 valence electrons. The molecule has 3 N–H and O–H groups in total. The van der Waals surface area contributed by atoms with E-state index in [-0.39, 0.29) is 5.56 Å². The van der Waals surface area contributed by atoms with Crippen LogP contribution in [0.5, 0.6) is 0 Å². The Morgan fingerprint density at radius 3 is 2.38 bits per heavy atom. The first kappa shape index (κ1) is 13.0. The molecule has 1 atom stereocenters. The van der Waals surface area contributed by atoms with Gasteiger partial charge in [-0.2, -0.15) is 0 Å². The largest absolute Gasteiger partial charge is 0.354 e. The Morgan fingerprint density at radius 1 is 1.25 bits per heavy atom. The topological polar surface area (TPSA) is 56.5 Å². The smallest absolute Gasteiger partial charge is 0.177 e. The molecule has 6 heteroatoms. The lowest BCUT2D eigenvalue weighted by atomic mass is 10.1. The van der Waals surface area contributed by atoms with Crippen molar-refractivity contribution in [2.24, 2.45) is 5.84 Å². The molecular formula is C10H14F2N2O2. The summed E-state index contributed by atoms with van der Waals surface area (Å²) in [5, 5.41) is 0. The minimum atomic E-state index is -0.968. The third-order valence-electron chi connectivity index (χ3n) is 2.23. The Balaban J connectivity index is 3.07. The van der Waals surface area contributed by atoms with Gasteiger partial charge in [0.25, 0.3) is 0 Å². The van der Waals surface area contributed by atoms with Gasteiger partial charge in [0.2, 0.25) is 0 Å². The second-order valence-electron chi connectivity index (χ2n) is 3.13. The number of ether oxygens (including phenoxy) is 2. The van der Waals surface area contributed by atoms with Gasteiger partial charge < -0.3 is 9.47 Å². The minimum Gasteiger partial charge on any atom is -0.354 e. The van der Waals surface area contributed by atoms with Gasteiger partial charge in [-0.15, -0.1) is 0 Å². The van der Waals surface area contributed by atoms with Crippen molar-refractivity contribution in [1.82, 2.24) is 5.43 Å². The third-order valence-corrected chi connectivity index (χ3v) is 2.23. The van der Waals surface area contributed by atoms with Crippen molar-refractivity contribution in [2.75, 3.05) is 14.2 Å². The van der Waals surface area contributed by atoms with Crippen LogP contribution in [0.4, 0.5) is 8.78 Å². The van der Waals surface area contributed by atoms with Crippen molar-refractivity contribution >= 4 is 0 Å². The van der Waals surface area contributed by atoms with Crippen LogP contribution in [0.1, 0.15) is 11.6 Å². The van der Waals surface area contributed by atoms with Gasteiger partial charge in [-0.25, -0.2) is 14.2 Å². The fourth-order valence-electron chi connectivity index (χ4n) is 1.44. The molecule has 0 fully saturated rings. The molecular weight excluding hydrogens is 218 g/mol. The Hall–Kier alpha value is -1.08. The molecule has 0 saturated carbocycles. The lowest BCUT2D eigenvalue weighted by molar-refractivity contribution is -0.124. The van der Waals surface area contributed by atoms with Gasteiger partial charge in [0.05, 0.1) is 6.04 Å². The summed E-state index contributed by atoms with van der Waals surface area (Å²) in [6, 6.07) is 3.04. The van der Waals surface area contributed by atoms with E-state index >= 15 is 0 Å². The maximum atomic E-state index is 13.5. The van der Waals surface area contributed by atoms with E-state index in [1.807, 2.05) is 0 Å². The number of methoxy groups -OCH3 is 2. The number of rotatable bonds is 5. The first-order valence-electron chi connectivity index (χ1n) is 4.61. The van der Waals surface area contributed by atoms with Crippen molar-refractivity contribution in [2.45, 2.75) is 12.3 Å². The van der Waals surface area contributed by atoms with Gasteiger partial charge >= 0.3 is 0 Å². The van der Waals surface area contributed by atoms with Crippen LogP contribution in [-0.2, 0) is 9.47 Å². The van der Waals surface area contributed by atoms with E-state index in [1.165, 1.54) is 26.4 Å². The number of nitrogens with one attached hydrogen (secondary N) is 1. The normalized spacial score (nSPS) is 13.1. The monoisotopic (exact) mass is 232 g/mol. The molecule has 4 nitrogen and oxygen atoms in total. The number of halogens is 2. The minimum absolute atomic E-state index is 0.0520. The van der Waals surface area contributed by atoms with Crippen molar-refractivity contribution < 1.29 is 18.3 Å². The second-order valence-corrected chi connectivity index (χ2v) is 3.13. The number of benzene rings is 1. The Kier molecular flexibility index (Phi) is 4.75. The standard InChI is InChI=1S/C10H14F2N2O2/c1-15-10(16-2)9(14-13)6-4-3-5-7(11)8(6)12/h3-5,9-10,14H,13H2,1-2H3. The zero-order valence-electron chi connectivity index (χ0n) is 9.04. The number of hydrogen-bond donors (Lipinski definition) is 2. The highest BCUT2D eigenvalue weighted by atomic mass is 19.2. The summed E-state index contributed by atoms with van der Waals surface area (Å²) in [7, 11) is 2.77. The van der Waals surface area contributed by atoms with Crippen LogP contribution in [0, 0.1) is 11.6 Å². The number of nitrogens with two attached hydrogens (primary N) is 1. The van der Waals surface area contributed by atoms with E-state index in [9.17, 15) is 8.78 Å².